The number of hydrogen-bond donors (Lipinski definition) is 1. The van der Waals surface area contributed by atoms with Gasteiger partial charge in [-0.2, -0.15) is 0 Å². The molecule has 1 heterocycles. The van der Waals surface area contributed by atoms with Gasteiger partial charge in [0.1, 0.15) is 11.9 Å². The van der Waals surface area contributed by atoms with Gasteiger partial charge in [0.25, 0.3) is 0 Å². The Morgan fingerprint density at radius 1 is 1.26 bits per heavy atom. The molecule has 1 fully saturated rings. The van der Waals surface area contributed by atoms with Crippen molar-refractivity contribution in [3.8, 4) is 11.5 Å². The van der Waals surface area contributed by atoms with Crippen LogP contribution in [-0.2, 0) is 20.7 Å². The summed E-state index contributed by atoms with van der Waals surface area (Å²) in [5.41, 5.74) is 2.14. The number of nitrogens with zero attached hydrogens (tertiary/aromatic N) is 1. The van der Waals surface area contributed by atoms with Gasteiger partial charge in [0, 0.05) is 31.9 Å². The van der Waals surface area contributed by atoms with Crippen molar-refractivity contribution in [2.45, 2.75) is 52.1 Å². The van der Waals surface area contributed by atoms with Gasteiger partial charge in [0.05, 0.1) is 13.7 Å². The number of benzene rings is 1. The van der Waals surface area contributed by atoms with Crippen LogP contribution < -0.4 is 4.74 Å². The SMILES string of the molecule is CCC1CC2C=CC1C(C(CC(=O)CCc1ccc(O)c(OC)c1)OC(C)=O)C2C1=CCN=C1. The Balaban J connectivity index is 1.52. The van der Waals surface area contributed by atoms with Gasteiger partial charge in [-0.15, -0.1) is 0 Å². The molecule has 0 saturated heterocycles. The fourth-order valence-electron chi connectivity index (χ4n) is 6.18. The molecule has 0 aromatic heterocycles. The summed E-state index contributed by atoms with van der Waals surface area (Å²) in [5.74, 6) is 1.71. The van der Waals surface area contributed by atoms with E-state index in [1.807, 2.05) is 6.21 Å². The van der Waals surface area contributed by atoms with E-state index in [2.05, 4.69) is 30.1 Å². The van der Waals surface area contributed by atoms with Gasteiger partial charge >= 0.3 is 5.97 Å². The molecule has 0 spiro atoms. The third-order valence-corrected chi connectivity index (χ3v) is 7.71. The predicted molar refractivity (Wildman–Crippen MR) is 131 cm³/mol. The quantitative estimate of drug-likeness (QED) is 0.400. The lowest BCUT2D eigenvalue weighted by molar-refractivity contribution is -0.155. The molecule has 1 aromatic rings. The number of aryl methyl sites for hydroxylation is 1. The second kappa shape index (κ2) is 10.6. The van der Waals surface area contributed by atoms with E-state index in [1.165, 1.54) is 19.6 Å². The predicted octanol–water partition coefficient (Wildman–Crippen LogP) is 4.70. The van der Waals surface area contributed by atoms with E-state index in [1.54, 1.807) is 18.2 Å². The molecule has 4 aliphatic rings. The molecule has 5 rings (SSSR count). The molecule has 3 aliphatic carbocycles. The maximum Gasteiger partial charge on any atom is 0.302 e. The van der Waals surface area contributed by atoms with E-state index >= 15 is 0 Å². The maximum absolute atomic E-state index is 13.1. The average molecular weight is 466 g/mol. The lowest BCUT2D eigenvalue weighted by Crippen LogP contribution is -2.49. The second-order valence-electron chi connectivity index (χ2n) is 9.73. The third-order valence-electron chi connectivity index (χ3n) is 7.71. The van der Waals surface area contributed by atoms with Gasteiger partial charge in [-0.05, 0) is 59.8 Å². The molecule has 6 atom stereocenters. The molecule has 1 N–H and O–H groups in total. The Kier molecular flexibility index (Phi) is 7.54. The molecule has 1 saturated carbocycles. The highest BCUT2D eigenvalue weighted by Gasteiger charge is 2.50. The molecule has 6 nitrogen and oxygen atoms in total. The monoisotopic (exact) mass is 465 g/mol. The Morgan fingerprint density at radius 3 is 2.76 bits per heavy atom. The molecule has 2 bridgehead atoms. The number of esters is 1. The largest absolute Gasteiger partial charge is 0.504 e. The normalized spacial score (nSPS) is 28.0. The summed E-state index contributed by atoms with van der Waals surface area (Å²) in [6, 6.07) is 5.13. The summed E-state index contributed by atoms with van der Waals surface area (Å²) in [6.45, 7) is 4.35. The lowest BCUT2D eigenvalue weighted by Gasteiger charge is -2.51. The van der Waals surface area contributed by atoms with Crippen molar-refractivity contribution in [3.63, 3.8) is 0 Å². The first-order chi connectivity index (χ1) is 16.4. The summed E-state index contributed by atoms with van der Waals surface area (Å²) in [6.07, 6.45) is 11.6. The van der Waals surface area contributed by atoms with Crippen LogP contribution in [-0.4, -0.2) is 42.8 Å². The van der Waals surface area contributed by atoms with Gasteiger partial charge in [-0.3, -0.25) is 14.6 Å². The van der Waals surface area contributed by atoms with Crippen molar-refractivity contribution in [2.75, 3.05) is 13.7 Å². The number of phenolic OH excluding ortho intramolecular Hbond substituents is 1. The number of Topliss-reactive ketones (excluding diaryl/α,β-unsaturated/α-hetero) is 1. The third kappa shape index (κ3) is 5.11. The number of methoxy groups -OCH3 is 1. The summed E-state index contributed by atoms with van der Waals surface area (Å²) >= 11 is 0. The van der Waals surface area contributed by atoms with Crippen molar-refractivity contribution in [2.24, 2.45) is 34.6 Å². The zero-order valence-electron chi connectivity index (χ0n) is 20.3. The van der Waals surface area contributed by atoms with Gasteiger partial charge < -0.3 is 14.6 Å². The van der Waals surface area contributed by atoms with Crippen LogP contribution >= 0.6 is 0 Å². The smallest absolute Gasteiger partial charge is 0.302 e. The van der Waals surface area contributed by atoms with E-state index in [9.17, 15) is 14.7 Å². The van der Waals surface area contributed by atoms with E-state index in [0.717, 1.165) is 18.4 Å². The Bertz CT molecular complexity index is 1010. The summed E-state index contributed by atoms with van der Waals surface area (Å²) in [5, 5.41) is 9.81. The number of rotatable bonds is 10. The van der Waals surface area contributed by atoms with Crippen LogP contribution in [0.4, 0.5) is 0 Å². The fourth-order valence-corrected chi connectivity index (χ4v) is 6.18. The van der Waals surface area contributed by atoms with Crippen LogP contribution in [0, 0.1) is 29.6 Å². The number of ether oxygens (including phenoxy) is 2. The number of carbonyl (C=O) groups is 2. The Hall–Kier alpha value is -2.89. The van der Waals surface area contributed by atoms with Crippen molar-refractivity contribution < 1.29 is 24.2 Å². The van der Waals surface area contributed by atoms with Gasteiger partial charge in [0.15, 0.2) is 11.5 Å². The van der Waals surface area contributed by atoms with Crippen molar-refractivity contribution >= 4 is 18.0 Å². The lowest BCUT2D eigenvalue weighted by atomic mass is 9.54. The van der Waals surface area contributed by atoms with Crippen LogP contribution in [0.1, 0.15) is 45.1 Å². The van der Waals surface area contributed by atoms with Crippen molar-refractivity contribution in [1.29, 1.82) is 0 Å². The van der Waals surface area contributed by atoms with E-state index in [-0.39, 0.29) is 41.7 Å². The molecule has 1 aromatic carbocycles. The number of aliphatic imine (C=N–C) groups is 1. The van der Waals surface area contributed by atoms with Gasteiger partial charge in [-0.1, -0.05) is 37.6 Å². The highest BCUT2D eigenvalue weighted by Crippen LogP contribution is 2.53. The number of aromatic hydroxyl groups is 1. The molecule has 0 amide bonds. The minimum atomic E-state index is -0.453. The van der Waals surface area contributed by atoms with Crippen LogP contribution in [0.25, 0.3) is 0 Å². The molecule has 0 radical (unpaired) electrons. The average Bonchev–Trinajstić information content (AvgIpc) is 3.37. The number of hydrogen-bond acceptors (Lipinski definition) is 6. The van der Waals surface area contributed by atoms with Gasteiger partial charge in [0.2, 0.25) is 0 Å². The first-order valence-electron chi connectivity index (χ1n) is 12.3. The minimum Gasteiger partial charge on any atom is -0.504 e. The Labute approximate surface area is 201 Å². The first-order valence-corrected chi connectivity index (χ1v) is 12.3. The number of fused-ring (bicyclic) bond motifs is 2. The van der Waals surface area contributed by atoms with Crippen LogP contribution in [0.3, 0.4) is 0 Å². The van der Waals surface area contributed by atoms with Crippen molar-refractivity contribution in [1.82, 2.24) is 0 Å². The molecule has 1 aliphatic heterocycles. The standard InChI is InChI=1S/C28H35NO5/c1-4-19-14-20-7-9-23(19)28(27(20)21-11-12-29-16-21)26(34-17(2)30)15-22(31)8-5-18-6-10-24(32)25(13-18)33-3/h6-7,9-11,13,16,19-20,23,26-28,32H,4-5,8,12,14-15H2,1-3H3. The van der Waals surface area contributed by atoms with E-state index in [0.29, 0.717) is 37.0 Å². The zero-order chi connectivity index (χ0) is 24.2. The highest BCUT2D eigenvalue weighted by molar-refractivity contribution is 5.82. The Morgan fingerprint density at radius 2 is 2.09 bits per heavy atom. The maximum atomic E-state index is 13.1. The summed E-state index contributed by atoms with van der Waals surface area (Å²) < 4.78 is 11.1. The highest BCUT2D eigenvalue weighted by atomic mass is 16.5. The summed E-state index contributed by atoms with van der Waals surface area (Å²) in [4.78, 5) is 29.7. The van der Waals surface area contributed by atoms with Gasteiger partial charge in [-0.25, -0.2) is 0 Å². The van der Waals surface area contributed by atoms with E-state index in [4.69, 9.17) is 9.47 Å². The van der Waals surface area contributed by atoms with E-state index < -0.39 is 6.10 Å². The molecular formula is C28H35NO5. The summed E-state index contributed by atoms with van der Waals surface area (Å²) in [7, 11) is 1.50. The number of ketones is 1. The minimum absolute atomic E-state index is 0.0737. The first kappa shape index (κ1) is 24.2. The number of allylic oxidation sites excluding steroid dienone is 3. The fraction of sp³-hybridized carbons (Fsp3) is 0.536. The van der Waals surface area contributed by atoms with Crippen LogP contribution in [0.5, 0.6) is 11.5 Å². The van der Waals surface area contributed by atoms with Crippen LogP contribution in [0.15, 0.2) is 47.0 Å². The number of carbonyl (C=O) groups excluding carboxylic acids is 2. The molecule has 34 heavy (non-hydrogen) atoms. The topological polar surface area (TPSA) is 85.2 Å². The van der Waals surface area contributed by atoms with Crippen molar-refractivity contribution in [3.05, 3.63) is 47.6 Å². The number of phenols is 1. The molecule has 6 unspecified atom stereocenters. The molecular weight excluding hydrogens is 430 g/mol. The van der Waals surface area contributed by atoms with Crippen LogP contribution in [0.2, 0.25) is 0 Å². The molecule has 182 valence electrons. The zero-order valence-corrected chi connectivity index (χ0v) is 20.3. The second-order valence-corrected chi connectivity index (χ2v) is 9.73. The molecule has 6 heteroatoms.